The van der Waals surface area contributed by atoms with Crippen LogP contribution >= 0.6 is 0 Å². The van der Waals surface area contributed by atoms with Crippen molar-refractivity contribution in [1.82, 2.24) is 0 Å². The normalized spacial score (nSPS) is 10.1. The van der Waals surface area contributed by atoms with Crippen LogP contribution in [0.5, 0.6) is 5.75 Å². The molecule has 0 unspecified atom stereocenters. The molecule has 0 aromatic heterocycles. The van der Waals surface area contributed by atoms with Crippen LogP contribution in [0.2, 0.25) is 0 Å². The van der Waals surface area contributed by atoms with Crippen molar-refractivity contribution in [3.63, 3.8) is 0 Å². The lowest BCUT2D eigenvalue weighted by molar-refractivity contribution is -0.117. The molecule has 0 radical (unpaired) electrons. The van der Waals surface area contributed by atoms with Crippen molar-refractivity contribution < 1.29 is 23.0 Å². The summed E-state index contributed by atoms with van der Waals surface area (Å²) < 4.78 is 33.4. The molecule has 108 valence electrons. The molecule has 0 saturated heterocycles. The van der Waals surface area contributed by atoms with Gasteiger partial charge in [0.05, 0.1) is 18.7 Å². The van der Waals surface area contributed by atoms with Gasteiger partial charge in [-0.25, -0.2) is 8.78 Å². The van der Waals surface area contributed by atoms with Crippen molar-refractivity contribution in [2.45, 2.75) is 12.8 Å². The minimum atomic E-state index is -2.54. The zero-order chi connectivity index (χ0) is 14.8. The van der Waals surface area contributed by atoms with E-state index >= 15 is 0 Å². The first-order chi connectivity index (χ1) is 9.63. The number of carbonyl (C=O) groups excluding carboxylic acids is 1. The van der Waals surface area contributed by atoms with E-state index in [1.165, 1.54) is 0 Å². The van der Waals surface area contributed by atoms with Crippen molar-refractivity contribution in [1.29, 1.82) is 5.26 Å². The summed E-state index contributed by atoms with van der Waals surface area (Å²) in [5, 5.41) is 11.0. The van der Waals surface area contributed by atoms with Gasteiger partial charge in [-0.3, -0.25) is 4.79 Å². The van der Waals surface area contributed by atoms with E-state index < -0.39 is 13.0 Å². The highest BCUT2D eigenvalue weighted by Crippen LogP contribution is 2.23. The number of ether oxygens (including phenoxy) is 2. The Kier molecular flexibility index (Phi) is 7.00. The van der Waals surface area contributed by atoms with Gasteiger partial charge in [0, 0.05) is 0 Å². The van der Waals surface area contributed by atoms with E-state index in [4.69, 9.17) is 10.00 Å². The number of para-hydroxylation sites is 2. The average Bonchev–Trinajstić information content (AvgIpc) is 2.42. The Morgan fingerprint density at radius 3 is 2.85 bits per heavy atom. The molecule has 0 aliphatic carbocycles. The predicted octanol–water partition coefficient (Wildman–Crippen LogP) is 2.20. The first-order valence-corrected chi connectivity index (χ1v) is 5.88. The molecule has 0 aliphatic rings. The summed E-state index contributed by atoms with van der Waals surface area (Å²) in [5.41, 5.74) is 0.418. The number of anilines is 1. The Labute approximate surface area is 115 Å². The fourth-order valence-corrected chi connectivity index (χ4v) is 1.36. The minimum Gasteiger partial charge on any atom is -0.477 e. The van der Waals surface area contributed by atoms with Crippen molar-refractivity contribution in [2.75, 3.05) is 25.1 Å². The first-order valence-electron chi connectivity index (χ1n) is 5.88. The van der Waals surface area contributed by atoms with Gasteiger partial charge in [0.1, 0.15) is 18.4 Å². The third-order valence-corrected chi connectivity index (χ3v) is 2.17. The second kappa shape index (κ2) is 8.82. The van der Waals surface area contributed by atoms with Gasteiger partial charge in [-0.1, -0.05) is 12.1 Å². The van der Waals surface area contributed by atoms with E-state index in [1.54, 1.807) is 24.3 Å². The Balaban J connectivity index is 2.43. The SMILES string of the molecule is N#CCOc1ccccc1NC(=O)CCOCC(F)F. The summed E-state index contributed by atoms with van der Waals surface area (Å²) in [6, 6.07) is 8.45. The molecule has 5 nitrogen and oxygen atoms in total. The van der Waals surface area contributed by atoms with Crippen molar-refractivity contribution in [3.8, 4) is 11.8 Å². The molecule has 1 N–H and O–H groups in total. The Morgan fingerprint density at radius 2 is 2.15 bits per heavy atom. The molecule has 0 heterocycles. The van der Waals surface area contributed by atoms with Crippen LogP contribution in [-0.4, -0.2) is 32.2 Å². The number of nitrogens with zero attached hydrogens (tertiary/aromatic N) is 1. The van der Waals surface area contributed by atoms with Crippen molar-refractivity contribution in [2.24, 2.45) is 0 Å². The lowest BCUT2D eigenvalue weighted by Crippen LogP contribution is -2.16. The molecule has 0 bridgehead atoms. The maximum Gasteiger partial charge on any atom is 0.261 e. The monoisotopic (exact) mass is 284 g/mol. The van der Waals surface area contributed by atoms with Gasteiger partial charge in [-0.2, -0.15) is 5.26 Å². The van der Waals surface area contributed by atoms with Gasteiger partial charge < -0.3 is 14.8 Å². The number of nitriles is 1. The highest BCUT2D eigenvalue weighted by molar-refractivity contribution is 5.92. The van der Waals surface area contributed by atoms with E-state index in [0.29, 0.717) is 11.4 Å². The molecule has 0 aliphatic heterocycles. The van der Waals surface area contributed by atoms with E-state index in [-0.39, 0.29) is 25.5 Å². The second-order valence-electron chi connectivity index (χ2n) is 3.71. The number of benzene rings is 1. The van der Waals surface area contributed by atoms with Gasteiger partial charge in [-0.05, 0) is 12.1 Å². The number of alkyl halides is 2. The summed E-state index contributed by atoms with van der Waals surface area (Å²) in [6.45, 7) is -0.906. The lowest BCUT2D eigenvalue weighted by Gasteiger charge is -2.10. The summed E-state index contributed by atoms with van der Waals surface area (Å²) >= 11 is 0. The molecule has 0 fully saturated rings. The molecule has 0 spiro atoms. The van der Waals surface area contributed by atoms with Crippen LogP contribution in [0.1, 0.15) is 6.42 Å². The summed E-state index contributed by atoms with van der Waals surface area (Å²) in [4.78, 5) is 11.6. The molecule has 1 aromatic rings. The molecule has 20 heavy (non-hydrogen) atoms. The largest absolute Gasteiger partial charge is 0.477 e. The highest BCUT2D eigenvalue weighted by atomic mass is 19.3. The fraction of sp³-hybridized carbons (Fsp3) is 0.385. The van der Waals surface area contributed by atoms with E-state index in [2.05, 4.69) is 10.1 Å². The van der Waals surface area contributed by atoms with Crippen LogP contribution in [0.25, 0.3) is 0 Å². The third-order valence-electron chi connectivity index (χ3n) is 2.17. The summed E-state index contributed by atoms with van der Waals surface area (Å²) in [5.74, 6) is -0.0110. The zero-order valence-electron chi connectivity index (χ0n) is 10.6. The molecule has 1 rings (SSSR count). The standard InChI is InChI=1S/C13H14F2N2O3/c14-12(15)9-19-7-5-13(18)17-10-3-1-2-4-11(10)20-8-6-16/h1-4,12H,5,7-9H2,(H,17,18). The van der Waals surface area contributed by atoms with Crippen LogP contribution in [0.4, 0.5) is 14.5 Å². The highest BCUT2D eigenvalue weighted by Gasteiger charge is 2.08. The van der Waals surface area contributed by atoms with Gasteiger partial charge >= 0.3 is 0 Å². The number of hydrogen-bond donors (Lipinski definition) is 1. The summed E-state index contributed by atoms with van der Waals surface area (Å²) in [6.07, 6.45) is -2.59. The Hall–Kier alpha value is -2.20. The van der Waals surface area contributed by atoms with Crippen molar-refractivity contribution >= 4 is 11.6 Å². The van der Waals surface area contributed by atoms with Gasteiger partial charge in [-0.15, -0.1) is 0 Å². The molecular formula is C13H14F2N2O3. The number of carbonyl (C=O) groups is 1. The maximum atomic E-state index is 11.8. The Bertz CT molecular complexity index is 475. The quantitative estimate of drug-likeness (QED) is 0.743. The number of halogens is 2. The van der Waals surface area contributed by atoms with Crippen molar-refractivity contribution in [3.05, 3.63) is 24.3 Å². The first kappa shape index (κ1) is 15.9. The predicted molar refractivity (Wildman–Crippen MR) is 67.6 cm³/mol. The maximum absolute atomic E-state index is 11.8. The van der Waals surface area contributed by atoms with Crippen LogP contribution < -0.4 is 10.1 Å². The molecule has 1 amide bonds. The fourth-order valence-electron chi connectivity index (χ4n) is 1.36. The number of nitrogens with one attached hydrogen (secondary N) is 1. The number of hydrogen-bond acceptors (Lipinski definition) is 4. The van der Waals surface area contributed by atoms with E-state index in [0.717, 1.165) is 0 Å². The zero-order valence-corrected chi connectivity index (χ0v) is 10.6. The number of rotatable bonds is 8. The van der Waals surface area contributed by atoms with Crippen LogP contribution in [-0.2, 0) is 9.53 Å². The molecular weight excluding hydrogens is 270 g/mol. The van der Waals surface area contributed by atoms with Gasteiger partial charge in [0.2, 0.25) is 5.91 Å². The molecule has 7 heteroatoms. The minimum absolute atomic E-state index is 0.0424. The number of amides is 1. The molecule has 0 atom stereocenters. The van der Waals surface area contributed by atoms with Crippen LogP contribution in [0.3, 0.4) is 0 Å². The van der Waals surface area contributed by atoms with Gasteiger partial charge in [0.25, 0.3) is 6.43 Å². The van der Waals surface area contributed by atoms with Gasteiger partial charge in [0.15, 0.2) is 6.61 Å². The van der Waals surface area contributed by atoms with Crippen LogP contribution in [0, 0.1) is 11.3 Å². The van der Waals surface area contributed by atoms with Crippen LogP contribution in [0.15, 0.2) is 24.3 Å². The molecule has 0 saturated carbocycles. The topological polar surface area (TPSA) is 71.3 Å². The lowest BCUT2D eigenvalue weighted by atomic mass is 10.3. The van der Waals surface area contributed by atoms with E-state index in [1.807, 2.05) is 6.07 Å². The third kappa shape index (κ3) is 6.11. The average molecular weight is 284 g/mol. The second-order valence-corrected chi connectivity index (χ2v) is 3.71. The molecule has 1 aromatic carbocycles. The smallest absolute Gasteiger partial charge is 0.261 e. The summed E-state index contributed by atoms with van der Waals surface area (Å²) in [7, 11) is 0. The van der Waals surface area contributed by atoms with E-state index in [9.17, 15) is 13.6 Å². The Morgan fingerprint density at radius 1 is 1.40 bits per heavy atom.